The van der Waals surface area contributed by atoms with Crippen LogP contribution in [0.15, 0.2) is 72.8 Å². The number of rotatable bonds is 10. The Hall–Kier alpha value is -2.97. The van der Waals surface area contributed by atoms with Gasteiger partial charge in [0.25, 0.3) is 0 Å². The van der Waals surface area contributed by atoms with Crippen LogP contribution in [0.2, 0.25) is 0 Å². The molecule has 7 heteroatoms. The second-order valence-corrected chi connectivity index (χ2v) is 11.6. The average Bonchev–Trinajstić information content (AvgIpc) is 3.00. The maximum atomic E-state index is 13.7. The molecule has 0 aliphatic carbocycles. The number of hydrogen-bond donors (Lipinski definition) is 0. The van der Waals surface area contributed by atoms with Gasteiger partial charge in [0, 0.05) is 89.5 Å². The summed E-state index contributed by atoms with van der Waals surface area (Å²) in [6.45, 7) is 14.0. The molecule has 5 rings (SSSR count). The predicted molar refractivity (Wildman–Crippen MR) is 161 cm³/mol. The van der Waals surface area contributed by atoms with Crippen molar-refractivity contribution in [3.63, 3.8) is 0 Å². The Morgan fingerprint density at radius 2 is 1.27 bits per heavy atom. The third kappa shape index (κ3) is 7.66. The summed E-state index contributed by atoms with van der Waals surface area (Å²) in [6, 6.07) is 21.8. The van der Waals surface area contributed by atoms with Gasteiger partial charge in [-0.2, -0.15) is 0 Å². The van der Waals surface area contributed by atoms with Gasteiger partial charge in [-0.15, -0.1) is 0 Å². The zero-order chi connectivity index (χ0) is 28.8. The molecule has 0 saturated carbocycles. The van der Waals surface area contributed by atoms with Crippen molar-refractivity contribution in [1.82, 2.24) is 19.6 Å². The number of carbonyl (C=O) groups is 1. The Labute approximate surface area is 243 Å². The number of halogens is 2. The lowest BCUT2D eigenvalue weighted by atomic mass is 9.96. The summed E-state index contributed by atoms with van der Waals surface area (Å²) in [6.07, 6.45) is 0.455. The topological polar surface area (TPSA) is 30.0 Å². The molecule has 2 fully saturated rings. The molecule has 0 radical (unpaired) electrons. The largest absolute Gasteiger partial charge is 0.300 e. The van der Waals surface area contributed by atoms with Crippen LogP contribution in [-0.4, -0.2) is 96.9 Å². The van der Waals surface area contributed by atoms with Crippen LogP contribution in [-0.2, 0) is 0 Å². The quantitative estimate of drug-likeness (QED) is 0.302. The zero-order valence-electron chi connectivity index (χ0n) is 24.3. The molecule has 2 saturated heterocycles. The van der Waals surface area contributed by atoms with Crippen LogP contribution in [0.3, 0.4) is 0 Å². The van der Waals surface area contributed by atoms with Gasteiger partial charge in [0.1, 0.15) is 11.6 Å². The standard InChI is InChI=1S/C34H42F2N4O/c1-26(2)39-21-23-40(24-22-39)33(28-9-13-30(36)14-10-28)25-38-19-17-37(18-20-38)16-15-34(41)32-6-4-3-5-31(32)27-7-11-29(35)12-8-27/h3-14,26,33H,15-25H2,1-2H3. The number of ketones is 1. The van der Waals surface area contributed by atoms with Crippen LogP contribution >= 0.6 is 0 Å². The fraction of sp³-hybridized carbons (Fsp3) is 0.441. The van der Waals surface area contributed by atoms with Gasteiger partial charge in [0.15, 0.2) is 5.78 Å². The molecule has 218 valence electrons. The van der Waals surface area contributed by atoms with Gasteiger partial charge in [-0.3, -0.25) is 19.5 Å². The van der Waals surface area contributed by atoms with Gasteiger partial charge in [0.2, 0.25) is 0 Å². The summed E-state index contributed by atoms with van der Waals surface area (Å²) < 4.78 is 27.1. The molecule has 1 atom stereocenters. The third-order valence-corrected chi connectivity index (χ3v) is 8.71. The van der Waals surface area contributed by atoms with E-state index >= 15 is 0 Å². The van der Waals surface area contributed by atoms with E-state index in [2.05, 4.69) is 33.4 Å². The first-order valence-corrected chi connectivity index (χ1v) is 14.9. The molecular formula is C34H42F2N4O. The van der Waals surface area contributed by atoms with Crippen LogP contribution < -0.4 is 0 Å². The molecule has 0 amide bonds. The lowest BCUT2D eigenvalue weighted by Gasteiger charge is -2.43. The highest BCUT2D eigenvalue weighted by molar-refractivity contribution is 6.02. The van der Waals surface area contributed by atoms with Crippen LogP contribution in [0, 0.1) is 11.6 Å². The maximum absolute atomic E-state index is 13.7. The van der Waals surface area contributed by atoms with E-state index in [0.29, 0.717) is 18.0 Å². The molecule has 1 unspecified atom stereocenters. The highest BCUT2D eigenvalue weighted by Gasteiger charge is 2.29. The molecule has 41 heavy (non-hydrogen) atoms. The summed E-state index contributed by atoms with van der Waals surface area (Å²) in [4.78, 5) is 23.2. The van der Waals surface area contributed by atoms with Gasteiger partial charge < -0.3 is 4.90 Å². The number of nitrogens with zero attached hydrogens (tertiary/aromatic N) is 4. The Kier molecular flexibility index (Phi) is 9.93. The van der Waals surface area contributed by atoms with E-state index in [-0.39, 0.29) is 23.5 Å². The SMILES string of the molecule is CC(C)N1CCN(C(CN2CCN(CCC(=O)c3ccccc3-c3ccc(F)cc3)CC2)c2ccc(F)cc2)CC1. The summed E-state index contributed by atoms with van der Waals surface area (Å²) in [5.74, 6) is -0.362. The van der Waals surface area contributed by atoms with Gasteiger partial charge in [0.05, 0.1) is 0 Å². The van der Waals surface area contributed by atoms with Crippen LogP contribution in [0.25, 0.3) is 11.1 Å². The van der Waals surface area contributed by atoms with Crippen molar-refractivity contribution >= 4 is 5.78 Å². The fourth-order valence-electron chi connectivity index (χ4n) is 6.12. The Morgan fingerprint density at radius 3 is 1.90 bits per heavy atom. The first kappa shape index (κ1) is 29.5. The van der Waals surface area contributed by atoms with E-state index < -0.39 is 0 Å². The molecule has 0 aromatic heterocycles. The third-order valence-electron chi connectivity index (χ3n) is 8.71. The average molecular weight is 561 g/mol. The van der Waals surface area contributed by atoms with E-state index in [9.17, 15) is 13.6 Å². The van der Waals surface area contributed by atoms with Crippen molar-refractivity contribution in [3.05, 3.63) is 95.6 Å². The highest BCUT2D eigenvalue weighted by atomic mass is 19.1. The van der Waals surface area contributed by atoms with Crippen molar-refractivity contribution in [2.24, 2.45) is 0 Å². The fourth-order valence-corrected chi connectivity index (χ4v) is 6.12. The van der Waals surface area contributed by atoms with Gasteiger partial charge >= 0.3 is 0 Å². The summed E-state index contributed by atoms with van der Waals surface area (Å²) >= 11 is 0. The van der Waals surface area contributed by atoms with E-state index in [1.54, 1.807) is 24.3 Å². The maximum Gasteiger partial charge on any atom is 0.164 e. The molecule has 0 bridgehead atoms. The van der Waals surface area contributed by atoms with Gasteiger partial charge in [-0.25, -0.2) is 8.78 Å². The minimum atomic E-state index is -0.283. The van der Waals surface area contributed by atoms with E-state index in [4.69, 9.17) is 0 Å². The number of Topliss-reactive ketones (excluding diaryl/α,β-unsaturated/α-hetero) is 1. The van der Waals surface area contributed by atoms with E-state index in [1.165, 1.54) is 17.7 Å². The van der Waals surface area contributed by atoms with Crippen molar-refractivity contribution in [2.75, 3.05) is 65.4 Å². The number of piperazine rings is 2. The normalized spacial score (nSPS) is 18.6. The molecule has 2 heterocycles. The molecule has 3 aromatic rings. The van der Waals surface area contributed by atoms with E-state index in [0.717, 1.165) is 76.6 Å². The number of carbonyl (C=O) groups excluding carboxylic acids is 1. The minimum absolute atomic E-state index is 0.115. The van der Waals surface area contributed by atoms with Gasteiger partial charge in [-0.05, 0) is 54.8 Å². The monoisotopic (exact) mass is 560 g/mol. The van der Waals surface area contributed by atoms with E-state index in [1.807, 2.05) is 36.4 Å². The number of hydrogen-bond acceptors (Lipinski definition) is 5. The molecule has 3 aromatic carbocycles. The molecule has 2 aliphatic rings. The minimum Gasteiger partial charge on any atom is -0.300 e. The Bertz CT molecular complexity index is 1260. The Balaban J connectivity index is 1.16. The molecule has 0 N–H and O–H groups in total. The molecule has 5 nitrogen and oxygen atoms in total. The Morgan fingerprint density at radius 1 is 0.707 bits per heavy atom. The van der Waals surface area contributed by atoms with Crippen molar-refractivity contribution in [3.8, 4) is 11.1 Å². The van der Waals surface area contributed by atoms with Gasteiger partial charge in [-0.1, -0.05) is 48.5 Å². The van der Waals surface area contributed by atoms with Crippen LogP contribution in [0.5, 0.6) is 0 Å². The first-order valence-electron chi connectivity index (χ1n) is 14.9. The second-order valence-electron chi connectivity index (χ2n) is 11.6. The van der Waals surface area contributed by atoms with Crippen molar-refractivity contribution in [2.45, 2.75) is 32.4 Å². The number of benzene rings is 3. The summed E-state index contributed by atoms with van der Waals surface area (Å²) in [5.41, 5.74) is 3.57. The van der Waals surface area contributed by atoms with Crippen molar-refractivity contribution in [1.29, 1.82) is 0 Å². The zero-order valence-corrected chi connectivity index (χ0v) is 24.3. The highest BCUT2D eigenvalue weighted by Crippen LogP contribution is 2.27. The first-order chi connectivity index (χ1) is 19.9. The molecular weight excluding hydrogens is 518 g/mol. The van der Waals surface area contributed by atoms with Crippen molar-refractivity contribution < 1.29 is 13.6 Å². The molecule has 2 aliphatic heterocycles. The summed E-state index contributed by atoms with van der Waals surface area (Å²) in [7, 11) is 0. The van der Waals surface area contributed by atoms with Crippen LogP contribution in [0.4, 0.5) is 8.78 Å². The summed E-state index contributed by atoms with van der Waals surface area (Å²) in [5, 5.41) is 0. The smallest absolute Gasteiger partial charge is 0.164 e. The second kappa shape index (κ2) is 13.8. The predicted octanol–water partition coefficient (Wildman–Crippen LogP) is 5.59. The molecule has 0 spiro atoms. The lowest BCUT2D eigenvalue weighted by molar-refractivity contribution is 0.0478. The lowest BCUT2D eigenvalue weighted by Crippen LogP contribution is -2.53. The van der Waals surface area contributed by atoms with Crippen LogP contribution in [0.1, 0.15) is 42.2 Å².